The molecule has 1 heterocycles. The Labute approximate surface area is 127 Å². The van der Waals surface area contributed by atoms with Crippen molar-refractivity contribution in [1.82, 2.24) is 4.90 Å². The Hall–Kier alpha value is -1.33. The lowest BCUT2D eigenvalue weighted by Crippen LogP contribution is -2.35. The summed E-state index contributed by atoms with van der Waals surface area (Å²) in [5, 5.41) is 0. The number of ether oxygens (including phenoxy) is 2. The topological polar surface area (TPSA) is 38.8 Å². The van der Waals surface area contributed by atoms with Gasteiger partial charge in [-0.1, -0.05) is 22.0 Å². The van der Waals surface area contributed by atoms with Crippen molar-refractivity contribution >= 4 is 27.5 Å². The maximum atomic E-state index is 11.9. The van der Waals surface area contributed by atoms with Gasteiger partial charge >= 0.3 is 0 Å². The summed E-state index contributed by atoms with van der Waals surface area (Å²) in [6.07, 6.45) is 2.78. The smallest absolute Gasteiger partial charge is 0.240 e. The van der Waals surface area contributed by atoms with Crippen molar-refractivity contribution in [2.24, 2.45) is 0 Å². The van der Waals surface area contributed by atoms with Crippen molar-refractivity contribution < 1.29 is 14.3 Å². The first kappa shape index (κ1) is 15.1. The molecule has 0 bridgehead atoms. The number of carbonyl (C=O) groups excluding carboxylic acids is 1. The van der Waals surface area contributed by atoms with E-state index in [0.717, 1.165) is 17.0 Å². The number of hydrogen-bond donors (Lipinski definition) is 0. The van der Waals surface area contributed by atoms with Crippen LogP contribution in [0.5, 0.6) is 5.75 Å². The molecule has 0 saturated carbocycles. The summed E-state index contributed by atoms with van der Waals surface area (Å²) in [6.45, 7) is 1.10. The largest absolute Gasteiger partial charge is 0.491 e. The van der Waals surface area contributed by atoms with Crippen LogP contribution in [0.4, 0.5) is 0 Å². The van der Waals surface area contributed by atoms with Gasteiger partial charge < -0.3 is 14.4 Å². The van der Waals surface area contributed by atoms with Crippen LogP contribution >= 0.6 is 15.9 Å². The summed E-state index contributed by atoms with van der Waals surface area (Å²) >= 11 is 3.37. The first-order valence-corrected chi connectivity index (χ1v) is 7.39. The molecule has 0 N–H and O–H groups in total. The van der Waals surface area contributed by atoms with Gasteiger partial charge in [-0.3, -0.25) is 4.79 Å². The number of carbonyl (C=O) groups is 1. The molecule has 5 heteroatoms. The van der Waals surface area contributed by atoms with E-state index in [4.69, 9.17) is 9.47 Å². The van der Waals surface area contributed by atoms with Crippen molar-refractivity contribution in [2.75, 3.05) is 27.4 Å². The minimum absolute atomic E-state index is 0.0860. The number of benzene rings is 1. The monoisotopic (exact) mass is 339 g/mol. The van der Waals surface area contributed by atoms with Crippen LogP contribution in [0.25, 0.3) is 5.70 Å². The summed E-state index contributed by atoms with van der Waals surface area (Å²) in [4.78, 5) is 13.5. The highest BCUT2D eigenvalue weighted by Crippen LogP contribution is 2.28. The van der Waals surface area contributed by atoms with Crippen molar-refractivity contribution in [1.29, 1.82) is 0 Å². The summed E-state index contributed by atoms with van der Waals surface area (Å²) < 4.78 is 10.5. The van der Waals surface area contributed by atoms with Gasteiger partial charge in [0.05, 0.1) is 11.4 Å². The SMILES string of the molecule is COCCOc1ccc(C2=CCC(Br)C(=O)N2C)cc1. The predicted molar refractivity (Wildman–Crippen MR) is 81.9 cm³/mol. The van der Waals surface area contributed by atoms with Gasteiger partial charge in [0.15, 0.2) is 0 Å². The van der Waals surface area contributed by atoms with Crippen LogP contribution < -0.4 is 4.74 Å². The van der Waals surface area contributed by atoms with E-state index in [1.165, 1.54) is 0 Å². The molecule has 108 valence electrons. The van der Waals surface area contributed by atoms with E-state index >= 15 is 0 Å². The number of hydrogen-bond acceptors (Lipinski definition) is 3. The van der Waals surface area contributed by atoms with Crippen molar-refractivity contribution in [3.8, 4) is 5.75 Å². The Morgan fingerprint density at radius 2 is 2.00 bits per heavy atom. The maximum absolute atomic E-state index is 11.9. The molecule has 4 nitrogen and oxygen atoms in total. The average Bonchev–Trinajstić information content (AvgIpc) is 2.46. The zero-order chi connectivity index (χ0) is 14.5. The first-order chi connectivity index (χ1) is 9.63. The van der Waals surface area contributed by atoms with E-state index in [0.29, 0.717) is 19.6 Å². The van der Waals surface area contributed by atoms with Crippen molar-refractivity contribution in [2.45, 2.75) is 11.2 Å². The number of amides is 1. The second-order valence-corrected chi connectivity index (χ2v) is 5.66. The van der Waals surface area contributed by atoms with E-state index in [9.17, 15) is 4.79 Å². The van der Waals surface area contributed by atoms with Crippen LogP contribution in [0.3, 0.4) is 0 Å². The molecule has 0 aliphatic carbocycles. The fraction of sp³-hybridized carbons (Fsp3) is 0.400. The van der Waals surface area contributed by atoms with Crippen LogP contribution in [0, 0.1) is 0 Å². The second kappa shape index (κ2) is 6.90. The highest BCUT2D eigenvalue weighted by molar-refractivity contribution is 9.10. The number of alkyl halides is 1. The fourth-order valence-corrected chi connectivity index (χ4v) is 2.55. The van der Waals surface area contributed by atoms with Gasteiger partial charge in [0.25, 0.3) is 0 Å². The van der Waals surface area contributed by atoms with E-state index in [1.54, 1.807) is 19.1 Å². The van der Waals surface area contributed by atoms with Gasteiger partial charge in [-0.25, -0.2) is 0 Å². The van der Waals surface area contributed by atoms with Crippen molar-refractivity contribution in [3.63, 3.8) is 0 Å². The number of rotatable bonds is 5. The number of nitrogens with zero attached hydrogens (tertiary/aromatic N) is 1. The number of methoxy groups -OCH3 is 1. The molecule has 1 unspecified atom stereocenters. The molecular formula is C15H18BrNO3. The molecule has 20 heavy (non-hydrogen) atoms. The average molecular weight is 340 g/mol. The summed E-state index contributed by atoms with van der Waals surface area (Å²) in [5.41, 5.74) is 1.95. The van der Waals surface area contributed by atoms with Gasteiger partial charge in [0, 0.05) is 19.9 Å². The Bertz CT molecular complexity index is 498. The normalized spacial score (nSPS) is 18.9. The van der Waals surface area contributed by atoms with Crippen LogP contribution in [0.1, 0.15) is 12.0 Å². The van der Waals surface area contributed by atoms with Gasteiger partial charge in [0.1, 0.15) is 12.4 Å². The lowest BCUT2D eigenvalue weighted by Gasteiger charge is -2.27. The molecule has 1 amide bonds. The number of halogens is 1. The Morgan fingerprint density at radius 3 is 2.65 bits per heavy atom. The highest BCUT2D eigenvalue weighted by atomic mass is 79.9. The molecule has 2 rings (SSSR count). The third kappa shape index (κ3) is 3.41. The lowest BCUT2D eigenvalue weighted by atomic mass is 10.0. The Balaban J connectivity index is 2.08. The maximum Gasteiger partial charge on any atom is 0.240 e. The van der Waals surface area contributed by atoms with Crippen molar-refractivity contribution in [3.05, 3.63) is 35.9 Å². The predicted octanol–water partition coefficient (Wildman–Crippen LogP) is 2.68. The molecule has 0 saturated heterocycles. The van der Waals surface area contributed by atoms with E-state index in [-0.39, 0.29) is 10.7 Å². The zero-order valence-electron chi connectivity index (χ0n) is 11.6. The quantitative estimate of drug-likeness (QED) is 0.611. The standard InChI is InChI=1S/C15H18BrNO3/c1-17-14(8-7-13(16)15(17)18)11-3-5-12(6-4-11)20-10-9-19-2/h3-6,8,13H,7,9-10H2,1-2H3. The molecule has 0 radical (unpaired) electrons. The van der Waals surface area contributed by atoms with E-state index in [1.807, 2.05) is 24.3 Å². The summed E-state index contributed by atoms with van der Waals surface area (Å²) in [5.74, 6) is 0.887. The molecule has 1 aromatic rings. The van der Waals surface area contributed by atoms with Crippen LogP contribution in [-0.2, 0) is 9.53 Å². The van der Waals surface area contributed by atoms with Gasteiger partial charge in [-0.2, -0.15) is 0 Å². The molecule has 0 aromatic heterocycles. The van der Waals surface area contributed by atoms with Crippen LogP contribution in [0.15, 0.2) is 30.3 Å². The third-order valence-electron chi connectivity index (χ3n) is 3.18. The molecule has 1 aliphatic rings. The molecule has 1 aliphatic heterocycles. The van der Waals surface area contributed by atoms with Gasteiger partial charge in [0.2, 0.25) is 5.91 Å². The van der Waals surface area contributed by atoms with Gasteiger partial charge in [-0.05, 0) is 36.2 Å². The fourth-order valence-electron chi connectivity index (χ4n) is 2.06. The lowest BCUT2D eigenvalue weighted by molar-refractivity contribution is -0.126. The highest BCUT2D eigenvalue weighted by Gasteiger charge is 2.26. The number of allylic oxidation sites excluding steroid dienone is 1. The van der Waals surface area contributed by atoms with Crippen LogP contribution in [0.2, 0.25) is 0 Å². The Morgan fingerprint density at radius 1 is 1.30 bits per heavy atom. The molecule has 0 fully saturated rings. The minimum Gasteiger partial charge on any atom is -0.491 e. The third-order valence-corrected chi connectivity index (χ3v) is 3.95. The van der Waals surface area contributed by atoms with Gasteiger partial charge in [-0.15, -0.1) is 0 Å². The zero-order valence-corrected chi connectivity index (χ0v) is 13.2. The Kier molecular flexibility index (Phi) is 5.20. The molecule has 0 spiro atoms. The van der Waals surface area contributed by atoms with E-state index in [2.05, 4.69) is 22.0 Å². The minimum atomic E-state index is -0.118. The van der Waals surface area contributed by atoms with E-state index < -0.39 is 0 Å². The molecular weight excluding hydrogens is 322 g/mol. The van der Waals surface area contributed by atoms with Crippen LogP contribution in [-0.4, -0.2) is 43.0 Å². The summed E-state index contributed by atoms with van der Waals surface area (Å²) in [7, 11) is 3.44. The second-order valence-electron chi connectivity index (χ2n) is 4.56. The first-order valence-electron chi connectivity index (χ1n) is 6.47. The molecule has 1 aromatic carbocycles. The molecule has 1 atom stereocenters. The summed E-state index contributed by atoms with van der Waals surface area (Å²) in [6, 6.07) is 7.74.